The third-order valence-corrected chi connectivity index (χ3v) is 3.36. The van der Waals surface area contributed by atoms with Crippen LogP contribution in [0, 0.1) is 6.92 Å². The highest BCUT2D eigenvalue weighted by Gasteiger charge is 2.14. The quantitative estimate of drug-likeness (QED) is 0.704. The van der Waals surface area contributed by atoms with Crippen molar-refractivity contribution in [2.45, 2.75) is 13.3 Å². The molecule has 0 atom stereocenters. The summed E-state index contributed by atoms with van der Waals surface area (Å²) in [5.74, 6) is -0.237. The summed E-state index contributed by atoms with van der Waals surface area (Å²) in [6, 6.07) is 10.1. The fraction of sp³-hybridized carbons (Fsp3) is 0.333. The molecule has 21 heavy (non-hydrogen) atoms. The minimum Gasteiger partial charge on any atom is -0.395 e. The van der Waals surface area contributed by atoms with Crippen molar-refractivity contribution in [1.82, 2.24) is 15.5 Å². The number of nitrogen functional groups attached to an aromatic ring is 1. The third kappa shape index (κ3) is 3.75. The number of amides is 1. The zero-order valence-electron chi connectivity index (χ0n) is 12.4. The predicted octanol–water partition coefficient (Wildman–Crippen LogP) is 1.56. The van der Waals surface area contributed by atoms with E-state index in [1.807, 2.05) is 25.2 Å². The SMILES string of the molecule is Cc1[nH]nc(C(=O)NCCCN(C)c2ccccc2)c1N. The van der Waals surface area contributed by atoms with Gasteiger partial charge in [-0.25, -0.2) is 0 Å². The molecule has 0 fully saturated rings. The predicted molar refractivity (Wildman–Crippen MR) is 84.4 cm³/mol. The van der Waals surface area contributed by atoms with Gasteiger partial charge in [-0.05, 0) is 25.5 Å². The molecule has 0 saturated heterocycles. The molecule has 0 aliphatic heterocycles. The molecule has 6 heteroatoms. The molecule has 0 bridgehead atoms. The number of carbonyl (C=O) groups is 1. The number of hydrogen-bond acceptors (Lipinski definition) is 4. The molecular formula is C15H21N5O. The number of benzene rings is 1. The Morgan fingerprint density at radius 1 is 1.38 bits per heavy atom. The van der Waals surface area contributed by atoms with E-state index in [0.29, 0.717) is 17.9 Å². The molecular weight excluding hydrogens is 266 g/mol. The molecule has 0 radical (unpaired) electrons. The zero-order chi connectivity index (χ0) is 15.2. The molecule has 0 spiro atoms. The van der Waals surface area contributed by atoms with Gasteiger partial charge in [-0.1, -0.05) is 18.2 Å². The summed E-state index contributed by atoms with van der Waals surface area (Å²) < 4.78 is 0. The van der Waals surface area contributed by atoms with Crippen LogP contribution in [0.1, 0.15) is 22.6 Å². The molecule has 2 aromatic rings. The lowest BCUT2D eigenvalue weighted by Crippen LogP contribution is -2.28. The minimum absolute atomic E-state index is 0.237. The molecule has 0 aliphatic carbocycles. The standard InChI is InChI=1S/C15H21N5O/c1-11-13(16)14(19-18-11)15(21)17-9-6-10-20(2)12-7-4-3-5-8-12/h3-5,7-8H,6,9-10,16H2,1-2H3,(H,17,21)(H,18,19). The van der Waals surface area contributed by atoms with Crippen LogP contribution in [-0.4, -0.2) is 36.2 Å². The molecule has 2 rings (SSSR count). The molecule has 1 aromatic heterocycles. The van der Waals surface area contributed by atoms with Crippen LogP contribution in [0.2, 0.25) is 0 Å². The first-order chi connectivity index (χ1) is 10.1. The second kappa shape index (κ2) is 6.78. The van der Waals surface area contributed by atoms with Crippen molar-refractivity contribution < 1.29 is 4.79 Å². The van der Waals surface area contributed by atoms with Gasteiger partial charge in [-0.15, -0.1) is 0 Å². The highest BCUT2D eigenvalue weighted by Crippen LogP contribution is 2.12. The largest absolute Gasteiger partial charge is 0.395 e. The Hall–Kier alpha value is -2.50. The van der Waals surface area contributed by atoms with Crippen LogP contribution < -0.4 is 16.0 Å². The Kier molecular flexibility index (Phi) is 4.81. The molecule has 4 N–H and O–H groups in total. The average Bonchev–Trinajstić information content (AvgIpc) is 2.84. The van der Waals surface area contributed by atoms with Gasteiger partial charge < -0.3 is 16.0 Å². The molecule has 1 amide bonds. The van der Waals surface area contributed by atoms with Crippen LogP contribution in [-0.2, 0) is 0 Å². The van der Waals surface area contributed by atoms with E-state index < -0.39 is 0 Å². The smallest absolute Gasteiger partial charge is 0.273 e. The van der Waals surface area contributed by atoms with Gasteiger partial charge in [0.1, 0.15) is 0 Å². The van der Waals surface area contributed by atoms with E-state index in [9.17, 15) is 4.79 Å². The second-order valence-electron chi connectivity index (χ2n) is 4.98. The Morgan fingerprint density at radius 3 is 2.71 bits per heavy atom. The molecule has 0 unspecified atom stereocenters. The number of carbonyl (C=O) groups excluding carboxylic acids is 1. The summed E-state index contributed by atoms with van der Waals surface area (Å²) in [7, 11) is 2.03. The first kappa shape index (κ1) is 14.9. The van der Waals surface area contributed by atoms with Gasteiger partial charge in [-0.2, -0.15) is 5.10 Å². The zero-order valence-corrected chi connectivity index (χ0v) is 12.4. The van der Waals surface area contributed by atoms with Gasteiger partial charge >= 0.3 is 0 Å². The number of rotatable bonds is 6. The number of nitrogens with one attached hydrogen (secondary N) is 2. The normalized spacial score (nSPS) is 10.4. The van der Waals surface area contributed by atoms with Gasteiger partial charge in [0.25, 0.3) is 5.91 Å². The second-order valence-corrected chi connectivity index (χ2v) is 4.98. The van der Waals surface area contributed by atoms with Crippen molar-refractivity contribution in [3.05, 3.63) is 41.7 Å². The van der Waals surface area contributed by atoms with Crippen LogP contribution in [0.3, 0.4) is 0 Å². The number of nitrogens with zero attached hydrogens (tertiary/aromatic N) is 2. The van der Waals surface area contributed by atoms with Crippen LogP contribution >= 0.6 is 0 Å². The van der Waals surface area contributed by atoms with Gasteiger partial charge in [-0.3, -0.25) is 9.89 Å². The number of H-pyrrole nitrogens is 1. The number of aryl methyl sites for hydroxylation is 1. The highest BCUT2D eigenvalue weighted by atomic mass is 16.1. The molecule has 0 aliphatic rings. The molecule has 1 aromatic carbocycles. The van der Waals surface area contributed by atoms with Crippen LogP contribution in [0.4, 0.5) is 11.4 Å². The average molecular weight is 287 g/mol. The number of anilines is 2. The maximum atomic E-state index is 11.9. The minimum atomic E-state index is -0.237. The number of aromatic nitrogens is 2. The summed E-state index contributed by atoms with van der Waals surface area (Å²) >= 11 is 0. The number of hydrogen-bond donors (Lipinski definition) is 3. The third-order valence-electron chi connectivity index (χ3n) is 3.36. The molecule has 1 heterocycles. The lowest BCUT2D eigenvalue weighted by atomic mass is 10.2. The Morgan fingerprint density at radius 2 is 2.10 bits per heavy atom. The van der Waals surface area contributed by atoms with Crippen molar-refractivity contribution in [3.63, 3.8) is 0 Å². The van der Waals surface area contributed by atoms with Crippen molar-refractivity contribution in [2.75, 3.05) is 30.8 Å². The highest BCUT2D eigenvalue weighted by molar-refractivity contribution is 5.97. The van der Waals surface area contributed by atoms with E-state index in [0.717, 1.165) is 18.7 Å². The Labute approximate surface area is 124 Å². The van der Waals surface area contributed by atoms with Gasteiger partial charge in [0.2, 0.25) is 0 Å². The van der Waals surface area contributed by atoms with Crippen LogP contribution in [0.5, 0.6) is 0 Å². The maximum absolute atomic E-state index is 11.9. The van der Waals surface area contributed by atoms with Crippen molar-refractivity contribution in [2.24, 2.45) is 0 Å². The summed E-state index contributed by atoms with van der Waals surface area (Å²) in [4.78, 5) is 14.1. The number of para-hydroxylation sites is 1. The van der Waals surface area contributed by atoms with E-state index in [4.69, 9.17) is 5.73 Å². The summed E-state index contributed by atoms with van der Waals surface area (Å²) in [5, 5.41) is 9.44. The molecule has 6 nitrogen and oxygen atoms in total. The lowest BCUT2D eigenvalue weighted by Gasteiger charge is -2.19. The molecule has 112 valence electrons. The van der Waals surface area contributed by atoms with Crippen LogP contribution in [0.15, 0.2) is 30.3 Å². The van der Waals surface area contributed by atoms with Crippen LogP contribution in [0.25, 0.3) is 0 Å². The maximum Gasteiger partial charge on any atom is 0.273 e. The summed E-state index contributed by atoms with van der Waals surface area (Å²) in [5.41, 5.74) is 8.32. The number of aromatic amines is 1. The summed E-state index contributed by atoms with van der Waals surface area (Å²) in [6.07, 6.45) is 0.848. The Balaban J connectivity index is 1.75. The lowest BCUT2D eigenvalue weighted by molar-refractivity contribution is 0.0949. The van der Waals surface area contributed by atoms with E-state index in [1.54, 1.807) is 6.92 Å². The van der Waals surface area contributed by atoms with E-state index in [2.05, 4.69) is 32.5 Å². The summed E-state index contributed by atoms with van der Waals surface area (Å²) in [6.45, 7) is 3.23. The Bertz CT molecular complexity index is 593. The van der Waals surface area contributed by atoms with E-state index in [-0.39, 0.29) is 11.6 Å². The first-order valence-electron chi connectivity index (χ1n) is 6.94. The fourth-order valence-corrected chi connectivity index (χ4v) is 2.02. The molecule has 0 saturated carbocycles. The van der Waals surface area contributed by atoms with Gasteiger partial charge in [0.05, 0.1) is 11.4 Å². The van der Waals surface area contributed by atoms with E-state index >= 15 is 0 Å². The van der Waals surface area contributed by atoms with Crippen molar-refractivity contribution >= 4 is 17.3 Å². The van der Waals surface area contributed by atoms with E-state index in [1.165, 1.54) is 0 Å². The van der Waals surface area contributed by atoms with Crippen molar-refractivity contribution in [1.29, 1.82) is 0 Å². The first-order valence-corrected chi connectivity index (χ1v) is 6.94. The van der Waals surface area contributed by atoms with Crippen molar-refractivity contribution in [3.8, 4) is 0 Å². The number of nitrogens with two attached hydrogens (primary N) is 1. The monoisotopic (exact) mass is 287 g/mol. The van der Waals surface area contributed by atoms with Gasteiger partial charge in [0, 0.05) is 25.8 Å². The fourth-order valence-electron chi connectivity index (χ4n) is 2.02. The topological polar surface area (TPSA) is 87.0 Å². The van der Waals surface area contributed by atoms with Gasteiger partial charge in [0.15, 0.2) is 5.69 Å².